The molecule has 0 spiro atoms. The number of fused-ring (bicyclic) bond motifs is 1. The smallest absolute Gasteiger partial charge is 0.0594 e. The van der Waals surface area contributed by atoms with Gasteiger partial charge in [0.05, 0.1) is 13.2 Å². The van der Waals surface area contributed by atoms with Crippen molar-refractivity contribution in [3.05, 3.63) is 64.7 Å². The lowest BCUT2D eigenvalue weighted by Gasteiger charge is -2.42. The van der Waals surface area contributed by atoms with Crippen LogP contribution in [0.25, 0.3) is 11.6 Å². The molecule has 1 aliphatic heterocycles. The number of hydrogen-bond acceptors (Lipinski definition) is 3. The monoisotopic (exact) mass is 446 g/mol. The molecule has 2 aromatic rings. The fraction of sp³-hybridized carbons (Fsp3) is 0.533. The first-order valence-electron chi connectivity index (χ1n) is 12.6. The molecule has 0 amide bonds. The third-order valence-electron chi connectivity index (χ3n) is 7.88. The van der Waals surface area contributed by atoms with Gasteiger partial charge < -0.3 is 9.64 Å². The Kier molecular flexibility index (Phi) is 7.02. The molecule has 1 fully saturated rings. The van der Waals surface area contributed by atoms with Crippen molar-refractivity contribution in [3.8, 4) is 0 Å². The Labute approximate surface area is 201 Å². The molecular weight excluding hydrogens is 404 g/mol. The van der Waals surface area contributed by atoms with Gasteiger partial charge in [-0.3, -0.25) is 4.90 Å². The second-order valence-corrected chi connectivity index (χ2v) is 11.3. The van der Waals surface area contributed by atoms with E-state index in [1.54, 1.807) is 0 Å². The summed E-state index contributed by atoms with van der Waals surface area (Å²) in [6.07, 6.45) is 4.83. The van der Waals surface area contributed by atoms with Crippen LogP contribution in [0.15, 0.2) is 42.5 Å². The minimum atomic E-state index is 0.245. The van der Waals surface area contributed by atoms with Gasteiger partial charge in [0.1, 0.15) is 0 Å². The van der Waals surface area contributed by atoms with E-state index in [2.05, 4.69) is 100 Å². The third-order valence-corrected chi connectivity index (χ3v) is 7.88. The summed E-state index contributed by atoms with van der Waals surface area (Å²) in [5.74, 6) is 0. The first-order valence-corrected chi connectivity index (χ1v) is 12.6. The summed E-state index contributed by atoms with van der Waals surface area (Å²) >= 11 is 0. The van der Waals surface area contributed by atoms with Crippen molar-refractivity contribution in [2.45, 2.75) is 58.3 Å². The predicted octanol–water partition coefficient (Wildman–Crippen LogP) is 6.36. The van der Waals surface area contributed by atoms with Gasteiger partial charge in [0, 0.05) is 38.9 Å². The number of anilines is 1. The van der Waals surface area contributed by atoms with Gasteiger partial charge in [-0.25, -0.2) is 0 Å². The molecule has 1 heterocycles. The minimum absolute atomic E-state index is 0.245. The molecule has 2 aliphatic rings. The normalized spacial score (nSPS) is 20.4. The van der Waals surface area contributed by atoms with Crippen molar-refractivity contribution in [1.82, 2.24) is 4.90 Å². The van der Waals surface area contributed by atoms with Gasteiger partial charge in [-0.05, 0) is 70.6 Å². The number of likely N-dealkylation sites (N-methyl/N-ethyl adjacent to an activating group) is 1. The van der Waals surface area contributed by atoms with Gasteiger partial charge in [0.2, 0.25) is 0 Å². The summed E-state index contributed by atoms with van der Waals surface area (Å²) in [5, 5.41) is 0. The Morgan fingerprint density at radius 1 is 0.939 bits per heavy atom. The summed E-state index contributed by atoms with van der Waals surface area (Å²) in [7, 11) is 2.19. The van der Waals surface area contributed by atoms with Gasteiger partial charge in [-0.15, -0.1) is 0 Å². The van der Waals surface area contributed by atoms with E-state index in [4.69, 9.17) is 4.74 Å². The molecule has 33 heavy (non-hydrogen) atoms. The fourth-order valence-electron chi connectivity index (χ4n) is 5.24. The average Bonchev–Trinajstić information content (AvgIpc) is 2.81. The third kappa shape index (κ3) is 5.53. The summed E-state index contributed by atoms with van der Waals surface area (Å²) < 4.78 is 5.45. The second kappa shape index (κ2) is 9.64. The van der Waals surface area contributed by atoms with Crippen molar-refractivity contribution in [2.75, 3.05) is 51.3 Å². The van der Waals surface area contributed by atoms with E-state index >= 15 is 0 Å². The molecular formula is C30H42N2O. The summed E-state index contributed by atoms with van der Waals surface area (Å²) in [4.78, 5) is 4.84. The first-order chi connectivity index (χ1) is 15.7. The molecule has 0 bridgehead atoms. The molecule has 3 heteroatoms. The van der Waals surface area contributed by atoms with Crippen LogP contribution < -0.4 is 4.90 Å². The van der Waals surface area contributed by atoms with Gasteiger partial charge in [-0.1, -0.05) is 64.1 Å². The molecule has 0 atom stereocenters. The number of allylic oxidation sites excluding steroid dienone is 1. The van der Waals surface area contributed by atoms with Gasteiger partial charge in [0.15, 0.2) is 0 Å². The highest BCUT2D eigenvalue weighted by Crippen LogP contribution is 2.46. The number of rotatable bonds is 6. The van der Waals surface area contributed by atoms with E-state index in [-0.39, 0.29) is 10.8 Å². The summed E-state index contributed by atoms with van der Waals surface area (Å²) in [6.45, 7) is 17.8. The lowest BCUT2D eigenvalue weighted by atomic mass is 9.63. The molecule has 0 radical (unpaired) electrons. The molecule has 1 aliphatic carbocycles. The van der Waals surface area contributed by atoms with Crippen LogP contribution in [0.4, 0.5) is 5.69 Å². The molecule has 4 rings (SSSR count). The van der Waals surface area contributed by atoms with Crippen molar-refractivity contribution in [3.63, 3.8) is 0 Å². The lowest BCUT2D eigenvalue weighted by molar-refractivity contribution is 0.0393. The Hall–Kier alpha value is -2.10. The molecule has 1 saturated heterocycles. The molecule has 178 valence electrons. The summed E-state index contributed by atoms with van der Waals surface area (Å²) in [5.41, 5.74) is 8.77. The van der Waals surface area contributed by atoms with E-state index in [0.29, 0.717) is 0 Å². The van der Waals surface area contributed by atoms with Gasteiger partial charge in [-0.2, -0.15) is 0 Å². The number of hydrogen-bond donors (Lipinski definition) is 0. The Bertz CT molecular complexity index is 981. The quantitative estimate of drug-likeness (QED) is 0.480. The van der Waals surface area contributed by atoms with Crippen molar-refractivity contribution in [1.29, 1.82) is 0 Å². The predicted molar refractivity (Wildman–Crippen MR) is 142 cm³/mol. The van der Waals surface area contributed by atoms with E-state index in [1.165, 1.54) is 46.4 Å². The number of benzene rings is 2. The standard InChI is InChI=1S/C30H42N2O/c1-23(25-9-12-27-28(22-25)30(4,5)14-13-29(27,2)3)21-24-7-10-26(11-8-24)31(6)15-16-32-17-19-33-20-18-32/h7-12,21-22H,13-20H2,1-6H3. The molecule has 0 unspecified atom stereocenters. The number of ether oxygens (including phenoxy) is 1. The fourth-order valence-corrected chi connectivity index (χ4v) is 5.24. The zero-order chi connectivity index (χ0) is 23.6. The summed E-state index contributed by atoms with van der Waals surface area (Å²) in [6, 6.07) is 16.1. The lowest BCUT2D eigenvalue weighted by Crippen LogP contribution is -2.40. The SMILES string of the molecule is CC(=Cc1ccc(N(C)CCN2CCOCC2)cc1)c1ccc2c(c1)C(C)(C)CCC2(C)C. The highest BCUT2D eigenvalue weighted by atomic mass is 16.5. The zero-order valence-corrected chi connectivity index (χ0v) is 21.6. The first kappa shape index (κ1) is 24.0. The zero-order valence-electron chi connectivity index (χ0n) is 21.6. The molecule has 0 N–H and O–H groups in total. The Morgan fingerprint density at radius 3 is 2.24 bits per heavy atom. The highest BCUT2D eigenvalue weighted by Gasteiger charge is 2.36. The van der Waals surface area contributed by atoms with Crippen LogP contribution in [0.5, 0.6) is 0 Å². The number of morpholine rings is 1. The van der Waals surface area contributed by atoms with Crippen molar-refractivity contribution in [2.24, 2.45) is 0 Å². The van der Waals surface area contributed by atoms with Crippen LogP contribution in [-0.2, 0) is 15.6 Å². The second-order valence-electron chi connectivity index (χ2n) is 11.3. The average molecular weight is 447 g/mol. The van der Waals surface area contributed by atoms with Crippen molar-refractivity contribution < 1.29 is 4.74 Å². The van der Waals surface area contributed by atoms with E-state index < -0.39 is 0 Å². The molecule has 3 nitrogen and oxygen atoms in total. The molecule has 0 aromatic heterocycles. The minimum Gasteiger partial charge on any atom is -0.379 e. The van der Waals surface area contributed by atoms with Crippen LogP contribution in [0.1, 0.15) is 69.7 Å². The van der Waals surface area contributed by atoms with Crippen LogP contribution in [-0.4, -0.2) is 51.3 Å². The number of nitrogens with zero attached hydrogens (tertiary/aromatic N) is 2. The molecule has 0 saturated carbocycles. The van der Waals surface area contributed by atoms with Crippen LogP contribution in [0.3, 0.4) is 0 Å². The highest BCUT2D eigenvalue weighted by molar-refractivity contribution is 5.81. The van der Waals surface area contributed by atoms with E-state index in [1.807, 2.05) is 0 Å². The Morgan fingerprint density at radius 2 is 1.58 bits per heavy atom. The Balaban J connectivity index is 1.46. The maximum Gasteiger partial charge on any atom is 0.0594 e. The molecule has 2 aromatic carbocycles. The van der Waals surface area contributed by atoms with Crippen molar-refractivity contribution >= 4 is 17.3 Å². The maximum absolute atomic E-state index is 5.45. The van der Waals surface area contributed by atoms with Crippen LogP contribution in [0, 0.1) is 0 Å². The van der Waals surface area contributed by atoms with E-state index in [0.717, 1.165) is 39.4 Å². The van der Waals surface area contributed by atoms with Crippen LogP contribution in [0.2, 0.25) is 0 Å². The van der Waals surface area contributed by atoms with Gasteiger partial charge in [0.25, 0.3) is 0 Å². The van der Waals surface area contributed by atoms with Crippen LogP contribution >= 0.6 is 0 Å². The largest absolute Gasteiger partial charge is 0.379 e. The topological polar surface area (TPSA) is 15.7 Å². The maximum atomic E-state index is 5.45. The van der Waals surface area contributed by atoms with E-state index in [9.17, 15) is 0 Å². The van der Waals surface area contributed by atoms with Gasteiger partial charge >= 0.3 is 0 Å².